The molecule has 0 bridgehead atoms. The summed E-state index contributed by atoms with van der Waals surface area (Å²) in [5.74, 6) is 0.891. The van der Waals surface area contributed by atoms with Crippen LogP contribution in [0.5, 0.6) is 0 Å². The first kappa shape index (κ1) is 12.9. The Hall–Kier alpha value is -0.120. The zero-order chi connectivity index (χ0) is 12.6. The Morgan fingerprint density at radius 2 is 1.94 bits per heavy atom. The molecule has 104 valence electrons. The maximum atomic E-state index is 6.20. The lowest BCUT2D eigenvalue weighted by atomic mass is 9.85. The molecular formula is C15H29N3. The number of piperazine rings is 1. The highest BCUT2D eigenvalue weighted by atomic mass is 15.3. The normalized spacial score (nSPS) is 34.0. The third-order valence-electron chi connectivity index (χ3n) is 5.77. The largest absolute Gasteiger partial charge is 0.329 e. The van der Waals surface area contributed by atoms with E-state index in [0.717, 1.165) is 18.5 Å². The predicted octanol–water partition coefficient (Wildman–Crippen LogP) is 1.67. The minimum Gasteiger partial charge on any atom is -0.329 e. The summed E-state index contributed by atoms with van der Waals surface area (Å²) in [4.78, 5) is 5.50. The molecule has 3 rings (SSSR count). The van der Waals surface area contributed by atoms with Crippen LogP contribution in [-0.4, -0.2) is 54.1 Å². The summed E-state index contributed by atoms with van der Waals surface area (Å²) in [6, 6.07) is 0.823. The van der Waals surface area contributed by atoms with Crippen LogP contribution < -0.4 is 5.73 Å². The van der Waals surface area contributed by atoms with Crippen LogP contribution in [0.15, 0.2) is 0 Å². The summed E-state index contributed by atoms with van der Waals surface area (Å²) in [6.07, 6.45) is 8.31. The average Bonchev–Trinajstić information content (AvgIpc) is 3.26. The lowest BCUT2D eigenvalue weighted by Crippen LogP contribution is -2.64. The van der Waals surface area contributed by atoms with E-state index in [2.05, 4.69) is 16.7 Å². The molecule has 3 heteroatoms. The minimum absolute atomic E-state index is 0.337. The van der Waals surface area contributed by atoms with Crippen molar-refractivity contribution < 1.29 is 0 Å². The van der Waals surface area contributed by atoms with Crippen LogP contribution in [-0.2, 0) is 0 Å². The molecule has 3 nitrogen and oxygen atoms in total. The molecule has 2 saturated heterocycles. The Bertz CT molecular complexity index is 283. The molecule has 0 spiro atoms. The van der Waals surface area contributed by atoms with E-state index in [4.69, 9.17) is 5.73 Å². The Balaban J connectivity index is 1.71. The van der Waals surface area contributed by atoms with E-state index in [1.807, 2.05) is 0 Å². The van der Waals surface area contributed by atoms with Crippen LogP contribution in [0.4, 0.5) is 0 Å². The fourth-order valence-corrected chi connectivity index (χ4v) is 4.39. The quantitative estimate of drug-likeness (QED) is 0.825. The molecule has 0 radical (unpaired) electrons. The van der Waals surface area contributed by atoms with E-state index in [0.29, 0.717) is 5.54 Å². The lowest BCUT2D eigenvalue weighted by molar-refractivity contribution is -0.0223. The molecular weight excluding hydrogens is 222 g/mol. The molecule has 1 aliphatic carbocycles. The van der Waals surface area contributed by atoms with Crippen LogP contribution in [0.1, 0.15) is 45.4 Å². The maximum Gasteiger partial charge on any atom is 0.0358 e. The van der Waals surface area contributed by atoms with Gasteiger partial charge in [0.05, 0.1) is 0 Å². The smallest absolute Gasteiger partial charge is 0.0358 e. The van der Waals surface area contributed by atoms with Gasteiger partial charge >= 0.3 is 0 Å². The number of hydrogen-bond acceptors (Lipinski definition) is 3. The van der Waals surface area contributed by atoms with E-state index in [9.17, 15) is 0 Å². The topological polar surface area (TPSA) is 32.5 Å². The van der Waals surface area contributed by atoms with Crippen LogP contribution >= 0.6 is 0 Å². The van der Waals surface area contributed by atoms with Crippen LogP contribution in [0, 0.1) is 5.92 Å². The summed E-state index contributed by atoms with van der Waals surface area (Å²) < 4.78 is 0. The standard InChI is InChI=1S/C15H29N3/c1-2-15(12-16,13-6-7-13)18-10-9-17-8-4-3-5-14(17)11-18/h13-14H,2-12,16H2,1H3. The van der Waals surface area contributed by atoms with Gasteiger partial charge in [-0.3, -0.25) is 9.80 Å². The molecule has 3 fully saturated rings. The average molecular weight is 251 g/mol. The second-order valence-electron chi connectivity index (χ2n) is 6.57. The van der Waals surface area contributed by atoms with Crippen molar-refractivity contribution in [3.8, 4) is 0 Å². The second-order valence-corrected chi connectivity index (χ2v) is 6.57. The summed E-state index contributed by atoms with van der Waals surface area (Å²) >= 11 is 0. The Labute approximate surface area is 112 Å². The Kier molecular flexibility index (Phi) is 3.65. The molecule has 1 saturated carbocycles. The van der Waals surface area contributed by atoms with Crippen molar-refractivity contribution in [2.45, 2.75) is 57.0 Å². The van der Waals surface area contributed by atoms with Crippen LogP contribution in [0.2, 0.25) is 0 Å². The molecule has 18 heavy (non-hydrogen) atoms. The summed E-state index contributed by atoms with van der Waals surface area (Å²) in [6.45, 7) is 8.35. The minimum atomic E-state index is 0.337. The first-order valence-corrected chi connectivity index (χ1v) is 7.99. The highest BCUT2D eigenvalue weighted by molar-refractivity contribution is 5.05. The molecule has 0 aromatic heterocycles. The number of hydrogen-bond donors (Lipinski definition) is 1. The van der Waals surface area contributed by atoms with E-state index in [1.165, 1.54) is 64.7 Å². The van der Waals surface area contributed by atoms with E-state index in [-0.39, 0.29) is 0 Å². The summed E-state index contributed by atoms with van der Waals surface area (Å²) in [5, 5.41) is 0. The van der Waals surface area contributed by atoms with Crippen molar-refractivity contribution in [1.29, 1.82) is 0 Å². The van der Waals surface area contributed by atoms with Crippen LogP contribution in [0.3, 0.4) is 0 Å². The highest BCUT2D eigenvalue weighted by Crippen LogP contribution is 2.45. The zero-order valence-corrected chi connectivity index (χ0v) is 11.9. The van der Waals surface area contributed by atoms with Gasteiger partial charge in [0.15, 0.2) is 0 Å². The van der Waals surface area contributed by atoms with Gasteiger partial charge in [-0.05, 0) is 44.6 Å². The van der Waals surface area contributed by atoms with Crippen LogP contribution in [0.25, 0.3) is 0 Å². The molecule has 2 aliphatic heterocycles. The fraction of sp³-hybridized carbons (Fsp3) is 1.00. The number of piperidine rings is 1. The number of nitrogens with zero attached hydrogens (tertiary/aromatic N) is 2. The Morgan fingerprint density at radius 1 is 1.11 bits per heavy atom. The van der Waals surface area contributed by atoms with Gasteiger partial charge in [-0.1, -0.05) is 13.3 Å². The lowest BCUT2D eigenvalue weighted by Gasteiger charge is -2.52. The van der Waals surface area contributed by atoms with Crippen molar-refractivity contribution in [3.05, 3.63) is 0 Å². The van der Waals surface area contributed by atoms with Crippen molar-refractivity contribution in [1.82, 2.24) is 9.80 Å². The molecule has 0 aromatic carbocycles. The maximum absolute atomic E-state index is 6.20. The molecule has 2 heterocycles. The van der Waals surface area contributed by atoms with Gasteiger partial charge in [0.2, 0.25) is 0 Å². The van der Waals surface area contributed by atoms with Crippen molar-refractivity contribution >= 4 is 0 Å². The zero-order valence-electron chi connectivity index (χ0n) is 11.9. The molecule has 0 amide bonds. The first-order chi connectivity index (χ1) is 8.80. The summed E-state index contributed by atoms with van der Waals surface area (Å²) in [5.41, 5.74) is 6.54. The van der Waals surface area contributed by atoms with Crippen molar-refractivity contribution in [3.63, 3.8) is 0 Å². The van der Waals surface area contributed by atoms with Crippen molar-refractivity contribution in [2.24, 2.45) is 11.7 Å². The monoisotopic (exact) mass is 251 g/mol. The number of nitrogens with two attached hydrogens (primary N) is 1. The molecule has 2 N–H and O–H groups in total. The van der Waals surface area contributed by atoms with Gasteiger partial charge in [0.1, 0.15) is 0 Å². The number of fused-ring (bicyclic) bond motifs is 1. The van der Waals surface area contributed by atoms with Gasteiger partial charge < -0.3 is 5.73 Å². The second kappa shape index (κ2) is 5.10. The Morgan fingerprint density at radius 3 is 2.61 bits per heavy atom. The highest BCUT2D eigenvalue weighted by Gasteiger charge is 2.48. The molecule has 0 aromatic rings. The van der Waals surface area contributed by atoms with Gasteiger partial charge in [0, 0.05) is 37.8 Å². The van der Waals surface area contributed by atoms with Gasteiger partial charge in [-0.25, -0.2) is 0 Å². The molecule has 3 aliphatic rings. The molecule has 2 atom stereocenters. The SMILES string of the molecule is CCC(CN)(C1CC1)N1CCN2CCCCC2C1. The fourth-order valence-electron chi connectivity index (χ4n) is 4.39. The van der Waals surface area contributed by atoms with E-state index < -0.39 is 0 Å². The predicted molar refractivity (Wildman–Crippen MR) is 75.6 cm³/mol. The third kappa shape index (κ3) is 2.10. The van der Waals surface area contributed by atoms with E-state index in [1.54, 1.807) is 0 Å². The van der Waals surface area contributed by atoms with Crippen molar-refractivity contribution in [2.75, 3.05) is 32.7 Å². The van der Waals surface area contributed by atoms with Gasteiger partial charge in [-0.15, -0.1) is 0 Å². The van der Waals surface area contributed by atoms with Gasteiger partial charge in [-0.2, -0.15) is 0 Å². The van der Waals surface area contributed by atoms with Gasteiger partial charge in [0.25, 0.3) is 0 Å². The summed E-state index contributed by atoms with van der Waals surface area (Å²) in [7, 11) is 0. The number of rotatable bonds is 4. The van der Waals surface area contributed by atoms with E-state index >= 15 is 0 Å². The third-order valence-corrected chi connectivity index (χ3v) is 5.77. The first-order valence-electron chi connectivity index (χ1n) is 7.99. The molecule has 2 unspecified atom stereocenters.